The Balaban J connectivity index is 1.90. The van der Waals surface area contributed by atoms with Gasteiger partial charge in [-0.3, -0.25) is 9.48 Å². The van der Waals surface area contributed by atoms with E-state index < -0.39 is 0 Å². The zero-order chi connectivity index (χ0) is 13.1. The number of aryl methyl sites for hydroxylation is 2. The second-order valence-electron chi connectivity index (χ2n) is 5.12. The first-order valence-electron chi connectivity index (χ1n) is 6.46. The number of carbonyl (C=O) groups excluding carboxylic acids is 1. The molecule has 0 saturated heterocycles. The monoisotopic (exact) mass is 313 g/mol. The van der Waals surface area contributed by atoms with E-state index in [2.05, 4.69) is 26.3 Å². The predicted octanol–water partition coefficient (Wildman–Crippen LogP) is 2.27. The maximum absolute atomic E-state index is 12.1. The largest absolute Gasteiger partial charge is 0.352 e. The molecule has 2 atom stereocenters. The number of halogens is 1. The van der Waals surface area contributed by atoms with Crippen molar-refractivity contribution in [3.05, 3.63) is 17.5 Å². The first kappa shape index (κ1) is 13.6. The van der Waals surface area contributed by atoms with Gasteiger partial charge in [0.2, 0.25) is 0 Å². The normalized spacial score (nSPS) is 23.3. The first-order chi connectivity index (χ1) is 8.61. The Morgan fingerprint density at radius 2 is 2.28 bits per heavy atom. The van der Waals surface area contributed by atoms with Crippen LogP contribution in [0.3, 0.4) is 0 Å². The van der Waals surface area contributed by atoms with Gasteiger partial charge in [0.05, 0.1) is 11.3 Å². The Kier molecular flexibility index (Phi) is 4.43. The number of alkyl halides is 1. The number of amides is 1. The molecule has 2 rings (SSSR count). The highest BCUT2D eigenvalue weighted by atomic mass is 79.9. The van der Waals surface area contributed by atoms with Gasteiger partial charge in [0.25, 0.3) is 5.91 Å². The lowest BCUT2D eigenvalue weighted by Gasteiger charge is -2.17. The molecule has 4 nitrogen and oxygen atoms in total. The molecule has 1 aliphatic rings. The van der Waals surface area contributed by atoms with Gasteiger partial charge >= 0.3 is 0 Å². The molecule has 0 bridgehead atoms. The second-order valence-corrected chi connectivity index (χ2v) is 5.76. The molecule has 0 radical (unpaired) electrons. The molecule has 100 valence electrons. The topological polar surface area (TPSA) is 46.9 Å². The third-order valence-corrected chi connectivity index (χ3v) is 4.63. The van der Waals surface area contributed by atoms with Crippen molar-refractivity contribution in [2.75, 3.05) is 11.9 Å². The smallest absolute Gasteiger partial charge is 0.254 e. The highest BCUT2D eigenvalue weighted by molar-refractivity contribution is 9.09. The molecular formula is C13H20BrN3O. The maximum Gasteiger partial charge on any atom is 0.254 e. The summed E-state index contributed by atoms with van der Waals surface area (Å²) in [4.78, 5) is 12.1. The molecule has 1 N–H and O–H groups in total. The van der Waals surface area contributed by atoms with Crippen molar-refractivity contribution in [1.82, 2.24) is 15.1 Å². The highest BCUT2D eigenvalue weighted by Gasteiger charge is 2.26. The first-order valence-corrected chi connectivity index (χ1v) is 7.58. The van der Waals surface area contributed by atoms with Crippen LogP contribution in [0.5, 0.6) is 0 Å². The summed E-state index contributed by atoms with van der Waals surface area (Å²) in [5.74, 6) is 1.33. The van der Waals surface area contributed by atoms with E-state index >= 15 is 0 Å². The number of aromatic nitrogens is 2. The molecule has 0 aliphatic heterocycles. The van der Waals surface area contributed by atoms with E-state index in [0.29, 0.717) is 17.4 Å². The van der Waals surface area contributed by atoms with Gasteiger partial charge in [0.1, 0.15) is 0 Å². The van der Waals surface area contributed by atoms with E-state index in [-0.39, 0.29) is 5.91 Å². The number of rotatable bonds is 4. The maximum atomic E-state index is 12.1. The van der Waals surface area contributed by atoms with E-state index in [1.54, 1.807) is 10.9 Å². The van der Waals surface area contributed by atoms with Crippen LogP contribution in [0.2, 0.25) is 0 Å². The minimum absolute atomic E-state index is 0.000762. The van der Waals surface area contributed by atoms with Crippen molar-refractivity contribution < 1.29 is 4.79 Å². The SMILES string of the molecule is Cc1nn(C)cc1C(=O)NCC1CCCC1CBr. The molecule has 0 aromatic carbocycles. The standard InChI is InChI=1S/C13H20BrN3O/c1-9-12(8-17(2)16-9)13(18)15-7-11-5-3-4-10(11)6-14/h8,10-11H,3-7H2,1-2H3,(H,15,18). The average molecular weight is 314 g/mol. The molecule has 1 heterocycles. The Bertz CT molecular complexity index is 430. The summed E-state index contributed by atoms with van der Waals surface area (Å²) in [7, 11) is 1.83. The second kappa shape index (κ2) is 5.87. The lowest BCUT2D eigenvalue weighted by molar-refractivity contribution is 0.0944. The quantitative estimate of drug-likeness (QED) is 0.867. The molecule has 2 unspecified atom stereocenters. The molecule has 1 fully saturated rings. The van der Waals surface area contributed by atoms with E-state index in [9.17, 15) is 4.79 Å². The highest BCUT2D eigenvalue weighted by Crippen LogP contribution is 2.32. The van der Waals surface area contributed by atoms with Gasteiger partial charge in [-0.05, 0) is 31.6 Å². The summed E-state index contributed by atoms with van der Waals surface area (Å²) in [5.41, 5.74) is 1.48. The fraction of sp³-hybridized carbons (Fsp3) is 0.692. The van der Waals surface area contributed by atoms with E-state index in [1.807, 2.05) is 14.0 Å². The lowest BCUT2D eigenvalue weighted by atomic mass is 9.98. The lowest BCUT2D eigenvalue weighted by Crippen LogP contribution is -2.31. The third-order valence-electron chi connectivity index (χ3n) is 3.80. The van der Waals surface area contributed by atoms with Crippen molar-refractivity contribution in [3.63, 3.8) is 0 Å². The van der Waals surface area contributed by atoms with Crippen LogP contribution >= 0.6 is 15.9 Å². The van der Waals surface area contributed by atoms with Crippen LogP contribution in [0.4, 0.5) is 0 Å². The molecular weight excluding hydrogens is 294 g/mol. The number of hydrogen-bond acceptors (Lipinski definition) is 2. The van der Waals surface area contributed by atoms with Gasteiger partial charge < -0.3 is 5.32 Å². The molecule has 1 amide bonds. The summed E-state index contributed by atoms with van der Waals surface area (Å²) in [6.07, 6.45) is 5.56. The summed E-state index contributed by atoms with van der Waals surface area (Å²) in [5, 5.41) is 8.28. The molecule has 5 heteroatoms. The molecule has 0 spiro atoms. The molecule has 1 aromatic rings. The van der Waals surface area contributed by atoms with Crippen LogP contribution in [0.1, 0.15) is 35.3 Å². The van der Waals surface area contributed by atoms with Crippen LogP contribution in [0, 0.1) is 18.8 Å². The van der Waals surface area contributed by atoms with Crippen molar-refractivity contribution in [2.45, 2.75) is 26.2 Å². The van der Waals surface area contributed by atoms with Crippen LogP contribution < -0.4 is 5.32 Å². The number of nitrogens with zero attached hydrogens (tertiary/aromatic N) is 2. The summed E-state index contributed by atoms with van der Waals surface area (Å²) in [6.45, 7) is 2.65. The Morgan fingerprint density at radius 1 is 1.56 bits per heavy atom. The van der Waals surface area contributed by atoms with Crippen molar-refractivity contribution >= 4 is 21.8 Å². The van der Waals surface area contributed by atoms with Gasteiger partial charge in [-0.1, -0.05) is 22.4 Å². The Labute approximate surface area is 116 Å². The summed E-state index contributed by atoms with van der Waals surface area (Å²) in [6, 6.07) is 0. The fourth-order valence-corrected chi connectivity index (χ4v) is 3.58. The third kappa shape index (κ3) is 2.94. The van der Waals surface area contributed by atoms with Crippen LogP contribution in [-0.4, -0.2) is 27.6 Å². The van der Waals surface area contributed by atoms with Crippen molar-refractivity contribution in [1.29, 1.82) is 0 Å². The van der Waals surface area contributed by atoms with E-state index in [1.165, 1.54) is 19.3 Å². The Morgan fingerprint density at radius 3 is 2.89 bits per heavy atom. The van der Waals surface area contributed by atoms with E-state index in [0.717, 1.165) is 17.6 Å². The minimum Gasteiger partial charge on any atom is -0.352 e. The molecule has 1 aliphatic carbocycles. The van der Waals surface area contributed by atoms with Gasteiger partial charge in [-0.25, -0.2) is 0 Å². The summed E-state index contributed by atoms with van der Waals surface area (Å²) >= 11 is 3.56. The zero-order valence-electron chi connectivity index (χ0n) is 10.9. The van der Waals surface area contributed by atoms with Crippen LogP contribution in [0.15, 0.2) is 6.20 Å². The van der Waals surface area contributed by atoms with Gasteiger partial charge in [-0.15, -0.1) is 0 Å². The van der Waals surface area contributed by atoms with Crippen LogP contribution in [-0.2, 0) is 7.05 Å². The van der Waals surface area contributed by atoms with Crippen molar-refractivity contribution in [2.24, 2.45) is 18.9 Å². The van der Waals surface area contributed by atoms with Gasteiger partial charge in [0, 0.05) is 25.1 Å². The fourth-order valence-electron chi connectivity index (χ4n) is 2.73. The molecule has 1 saturated carbocycles. The average Bonchev–Trinajstić information content (AvgIpc) is 2.92. The molecule has 1 aromatic heterocycles. The van der Waals surface area contributed by atoms with Gasteiger partial charge in [0.15, 0.2) is 0 Å². The molecule has 18 heavy (non-hydrogen) atoms. The number of hydrogen-bond donors (Lipinski definition) is 1. The van der Waals surface area contributed by atoms with Crippen LogP contribution in [0.25, 0.3) is 0 Å². The number of nitrogens with one attached hydrogen (secondary N) is 1. The predicted molar refractivity (Wildman–Crippen MR) is 74.9 cm³/mol. The van der Waals surface area contributed by atoms with E-state index in [4.69, 9.17) is 0 Å². The van der Waals surface area contributed by atoms with Crippen molar-refractivity contribution in [3.8, 4) is 0 Å². The number of carbonyl (C=O) groups is 1. The zero-order valence-corrected chi connectivity index (χ0v) is 12.5. The minimum atomic E-state index is 0.000762. The summed E-state index contributed by atoms with van der Waals surface area (Å²) < 4.78 is 1.68. The Hall–Kier alpha value is -0.840. The van der Waals surface area contributed by atoms with Gasteiger partial charge in [-0.2, -0.15) is 5.10 Å².